The smallest absolute Gasteiger partial charge is 0.287 e. The monoisotopic (exact) mass is 308 g/mol. The van der Waals surface area contributed by atoms with Crippen LogP contribution in [0.4, 0.5) is 11.4 Å². The molecule has 22 heavy (non-hydrogen) atoms. The van der Waals surface area contributed by atoms with Crippen molar-refractivity contribution in [3.05, 3.63) is 91.0 Å². The number of rotatable bonds is 5. The lowest BCUT2D eigenvalue weighted by atomic mass is 10.3. The molecule has 4 heteroatoms. The highest BCUT2D eigenvalue weighted by molar-refractivity contribution is 7.74. The van der Waals surface area contributed by atoms with Crippen molar-refractivity contribution in [2.24, 2.45) is 0 Å². The maximum absolute atomic E-state index is 13.5. The Kier molecular flexibility index (Phi) is 4.27. The van der Waals surface area contributed by atoms with E-state index >= 15 is 0 Å². The summed E-state index contributed by atoms with van der Waals surface area (Å²) in [6.45, 7) is 0. The van der Waals surface area contributed by atoms with Gasteiger partial charge >= 0.3 is 0 Å². The van der Waals surface area contributed by atoms with Crippen LogP contribution in [-0.4, -0.2) is 0 Å². The molecule has 0 fully saturated rings. The van der Waals surface area contributed by atoms with Gasteiger partial charge in [0, 0.05) is 11.4 Å². The second-order valence-corrected chi connectivity index (χ2v) is 7.08. The molecular weight excluding hydrogens is 291 g/mol. The van der Waals surface area contributed by atoms with Gasteiger partial charge in [-0.05, 0) is 36.4 Å². The third kappa shape index (κ3) is 3.38. The summed E-state index contributed by atoms with van der Waals surface area (Å²) in [5.41, 5.74) is 1.64. The molecule has 0 saturated carbocycles. The highest BCUT2D eigenvalue weighted by Crippen LogP contribution is 2.44. The average molecular weight is 308 g/mol. The second kappa shape index (κ2) is 6.50. The average Bonchev–Trinajstić information content (AvgIpc) is 2.57. The van der Waals surface area contributed by atoms with Crippen LogP contribution >= 0.6 is 7.44 Å². The molecule has 3 rings (SSSR count). The summed E-state index contributed by atoms with van der Waals surface area (Å²) >= 11 is 0. The molecule has 3 aromatic carbocycles. The van der Waals surface area contributed by atoms with Gasteiger partial charge in [0.05, 0.1) is 5.30 Å². The molecule has 3 aromatic rings. The van der Waals surface area contributed by atoms with Crippen LogP contribution in [0.3, 0.4) is 0 Å². The number of nitrogens with one attached hydrogen (secondary N) is 2. The van der Waals surface area contributed by atoms with Gasteiger partial charge in [0.25, 0.3) is 7.44 Å². The van der Waals surface area contributed by atoms with E-state index in [4.69, 9.17) is 0 Å². The lowest BCUT2D eigenvalue weighted by Crippen LogP contribution is -2.18. The molecular formula is C18H17N2OP. The van der Waals surface area contributed by atoms with Crippen LogP contribution in [0.15, 0.2) is 91.0 Å². The van der Waals surface area contributed by atoms with Crippen molar-refractivity contribution in [2.75, 3.05) is 10.2 Å². The molecule has 0 bridgehead atoms. The van der Waals surface area contributed by atoms with Crippen molar-refractivity contribution in [3.8, 4) is 0 Å². The van der Waals surface area contributed by atoms with E-state index in [1.165, 1.54) is 0 Å². The molecule has 0 heterocycles. The number of hydrogen-bond donors (Lipinski definition) is 2. The van der Waals surface area contributed by atoms with Gasteiger partial charge in [0.15, 0.2) is 0 Å². The van der Waals surface area contributed by atoms with Gasteiger partial charge < -0.3 is 10.2 Å². The Balaban J connectivity index is 1.97. The summed E-state index contributed by atoms with van der Waals surface area (Å²) in [7, 11) is -3.02. The third-order valence-corrected chi connectivity index (χ3v) is 5.41. The van der Waals surface area contributed by atoms with Crippen molar-refractivity contribution in [1.82, 2.24) is 0 Å². The molecule has 0 atom stereocenters. The number of para-hydroxylation sites is 2. The van der Waals surface area contributed by atoms with E-state index in [-0.39, 0.29) is 0 Å². The zero-order valence-electron chi connectivity index (χ0n) is 12.0. The van der Waals surface area contributed by atoms with Gasteiger partial charge in [-0.2, -0.15) is 0 Å². The number of hydrogen-bond acceptors (Lipinski definition) is 1. The first-order valence-electron chi connectivity index (χ1n) is 7.09. The fourth-order valence-electron chi connectivity index (χ4n) is 2.18. The van der Waals surface area contributed by atoms with Gasteiger partial charge in [0.1, 0.15) is 0 Å². The van der Waals surface area contributed by atoms with Crippen LogP contribution in [0, 0.1) is 0 Å². The summed E-state index contributed by atoms with van der Waals surface area (Å²) in [6.07, 6.45) is 0. The summed E-state index contributed by atoms with van der Waals surface area (Å²) in [5.74, 6) is 0. The van der Waals surface area contributed by atoms with Crippen LogP contribution in [-0.2, 0) is 4.57 Å². The highest BCUT2D eigenvalue weighted by Gasteiger charge is 2.24. The Bertz CT molecular complexity index is 715. The van der Waals surface area contributed by atoms with E-state index in [2.05, 4.69) is 10.2 Å². The largest absolute Gasteiger partial charge is 0.317 e. The van der Waals surface area contributed by atoms with Gasteiger partial charge in [-0.25, -0.2) is 0 Å². The van der Waals surface area contributed by atoms with Crippen molar-refractivity contribution in [2.45, 2.75) is 0 Å². The topological polar surface area (TPSA) is 41.1 Å². The molecule has 2 N–H and O–H groups in total. The lowest BCUT2D eigenvalue weighted by molar-refractivity contribution is 0.587. The first kappa shape index (κ1) is 14.4. The predicted octanol–water partition coefficient (Wildman–Crippen LogP) is 4.73. The third-order valence-electron chi connectivity index (χ3n) is 3.24. The molecule has 110 valence electrons. The normalized spacial score (nSPS) is 10.9. The van der Waals surface area contributed by atoms with Gasteiger partial charge in [0.2, 0.25) is 0 Å². The van der Waals surface area contributed by atoms with E-state index in [1.807, 2.05) is 91.0 Å². The standard InChI is InChI=1S/C18H17N2OP/c21-22(18-14-8-3-9-15-18,19-16-10-4-1-5-11-16)20-17-12-6-2-7-13-17/h1-15H,(H2,19,20,21). The van der Waals surface area contributed by atoms with Gasteiger partial charge in [-0.3, -0.25) is 4.57 Å². The van der Waals surface area contributed by atoms with Crippen LogP contribution in [0.1, 0.15) is 0 Å². The van der Waals surface area contributed by atoms with Crippen molar-refractivity contribution in [3.63, 3.8) is 0 Å². The minimum absolute atomic E-state index is 0.739. The second-order valence-electron chi connectivity index (χ2n) is 4.90. The fraction of sp³-hybridized carbons (Fsp3) is 0. The molecule has 0 unspecified atom stereocenters. The summed E-state index contributed by atoms with van der Waals surface area (Å²) < 4.78 is 13.5. The molecule has 0 aliphatic heterocycles. The molecule has 0 aliphatic carbocycles. The van der Waals surface area contributed by atoms with Crippen molar-refractivity contribution in [1.29, 1.82) is 0 Å². The fourth-order valence-corrected chi connectivity index (χ4v) is 4.12. The molecule has 3 nitrogen and oxygen atoms in total. The molecule has 0 aromatic heterocycles. The Hall–Kier alpha value is -2.51. The maximum atomic E-state index is 13.5. The quantitative estimate of drug-likeness (QED) is 0.670. The van der Waals surface area contributed by atoms with Crippen molar-refractivity contribution >= 4 is 24.1 Å². The minimum atomic E-state index is -3.02. The summed E-state index contributed by atoms with van der Waals surface area (Å²) in [6, 6.07) is 28.6. The summed E-state index contributed by atoms with van der Waals surface area (Å²) in [5, 5.41) is 7.07. The van der Waals surface area contributed by atoms with E-state index in [0.29, 0.717) is 0 Å². The zero-order valence-corrected chi connectivity index (χ0v) is 12.9. The highest BCUT2D eigenvalue weighted by atomic mass is 31.2. The predicted molar refractivity (Wildman–Crippen MR) is 93.8 cm³/mol. The van der Waals surface area contributed by atoms with Crippen molar-refractivity contribution < 1.29 is 4.57 Å². The molecule has 0 saturated heterocycles. The van der Waals surface area contributed by atoms with E-state index in [1.54, 1.807) is 0 Å². The molecule has 0 radical (unpaired) electrons. The van der Waals surface area contributed by atoms with E-state index in [9.17, 15) is 4.57 Å². The maximum Gasteiger partial charge on any atom is 0.287 e. The van der Waals surface area contributed by atoms with Crippen LogP contribution in [0.25, 0.3) is 0 Å². The van der Waals surface area contributed by atoms with Gasteiger partial charge in [-0.1, -0.05) is 54.6 Å². The Morgan fingerprint density at radius 2 is 0.909 bits per heavy atom. The molecule has 0 amide bonds. The molecule has 0 aliphatic rings. The number of anilines is 2. The Morgan fingerprint density at radius 3 is 1.32 bits per heavy atom. The molecule has 0 spiro atoms. The number of benzene rings is 3. The summed E-state index contributed by atoms with van der Waals surface area (Å²) in [4.78, 5) is 0. The Morgan fingerprint density at radius 1 is 0.545 bits per heavy atom. The SMILES string of the molecule is O=P(Nc1ccccc1)(Nc1ccccc1)c1ccccc1. The lowest BCUT2D eigenvalue weighted by Gasteiger charge is -2.23. The zero-order chi connectivity index (χ0) is 15.3. The first-order chi connectivity index (χ1) is 10.8. The Labute approximate surface area is 130 Å². The van der Waals surface area contributed by atoms with Crippen LogP contribution in [0.2, 0.25) is 0 Å². The van der Waals surface area contributed by atoms with E-state index < -0.39 is 7.44 Å². The first-order valence-corrected chi connectivity index (χ1v) is 8.79. The van der Waals surface area contributed by atoms with E-state index in [0.717, 1.165) is 16.7 Å². The van der Waals surface area contributed by atoms with Crippen LogP contribution in [0.5, 0.6) is 0 Å². The van der Waals surface area contributed by atoms with Gasteiger partial charge in [-0.15, -0.1) is 0 Å². The van der Waals surface area contributed by atoms with Crippen LogP contribution < -0.4 is 15.5 Å². The minimum Gasteiger partial charge on any atom is -0.317 e.